The number of nitrogens with zero attached hydrogens (tertiary/aromatic N) is 3. The number of fused-ring (bicyclic) bond motifs is 3. The van der Waals surface area contributed by atoms with Crippen molar-refractivity contribution < 1.29 is 9.90 Å². The van der Waals surface area contributed by atoms with Crippen LogP contribution >= 0.6 is 0 Å². The van der Waals surface area contributed by atoms with E-state index in [1.54, 1.807) is 0 Å². The summed E-state index contributed by atoms with van der Waals surface area (Å²) < 4.78 is 1.99. The maximum Gasteiger partial charge on any atom is 0.261 e. The average Bonchev–Trinajstić information content (AvgIpc) is 3.36. The summed E-state index contributed by atoms with van der Waals surface area (Å²) in [6, 6.07) is 13.7. The highest BCUT2D eigenvalue weighted by Gasteiger charge is 2.28. The summed E-state index contributed by atoms with van der Waals surface area (Å²) in [7, 11) is 0. The van der Waals surface area contributed by atoms with Crippen LogP contribution in [0.2, 0.25) is 0 Å². The number of likely N-dealkylation sites (tertiary alicyclic amines) is 1. The highest BCUT2D eigenvalue weighted by atomic mass is 16.3. The van der Waals surface area contributed by atoms with Gasteiger partial charge in [0.25, 0.3) is 5.91 Å². The Hall–Kier alpha value is -3.12. The number of allylic oxidation sites excluding steroid dienone is 1. The first-order chi connectivity index (χ1) is 14.2. The van der Waals surface area contributed by atoms with Crippen molar-refractivity contribution in [1.82, 2.24) is 14.3 Å². The lowest BCUT2D eigenvalue weighted by Crippen LogP contribution is -2.20. The highest BCUT2D eigenvalue weighted by molar-refractivity contribution is 6.26. The zero-order valence-electron chi connectivity index (χ0n) is 16.3. The quantitative estimate of drug-likeness (QED) is 0.714. The zero-order chi connectivity index (χ0) is 19.8. The van der Waals surface area contributed by atoms with Crippen LogP contribution in [0.25, 0.3) is 11.2 Å². The van der Waals surface area contributed by atoms with Crippen LogP contribution in [-0.2, 0) is 17.8 Å². The van der Waals surface area contributed by atoms with Gasteiger partial charge in [0, 0.05) is 24.8 Å². The molecule has 29 heavy (non-hydrogen) atoms. The van der Waals surface area contributed by atoms with E-state index >= 15 is 0 Å². The molecule has 3 heterocycles. The molecular weight excluding hydrogens is 364 g/mol. The number of aromatic nitrogens is 2. The van der Waals surface area contributed by atoms with Crippen molar-refractivity contribution in [2.75, 3.05) is 18.4 Å². The fourth-order valence-corrected chi connectivity index (χ4v) is 4.31. The standard InChI is InChI=1S/C23H24N4O2/c28-19-11-10-18-22(25-20-5-1-2-14-27(18)20)21(19)23(29)24-17-8-6-16(7-9-17)15-26-12-3-4-13-26/h1-2,5-9,14,28H,3-4,10-13,15H2,(H,24,29). The van der Waals surface area contributed by atoms with E-state index < -0.39 is 0 Å². The number of anilines is 1. The zero-order valence-corrected chi connectivity index (χ0v) is 16.3. The van der Waals surface area contributed by atoms with Crippen LogP contribution in [0.5, 0.6) is 0 Å². The molecule has 0 saturated carbocycles. The lowest BCUT2D eigenvalue weighted by Gasteiger charge is -2.17. The van der Waals surface area contributed by atoms with E-state index in [0.29, 0.717) is 18.5 Å². The summed E-state index contributed by atoms with van der Waals surface area (Å²) in [5, 5.41) is 13.4. The number of carbonyl (C=O) groups excluding carboxylic acids is 1. The van der Waals surface area contributed by atoms with Crippen molar-refractivity contribution in [2.45, 2.75) is 32.2 Å². The molecule has 3 aromatic rings. The van der Waals surface area contributed by atoms with E-state index in [1.165, 1.54) is 18.4 Å². The van der Waals surface area contributed by atoms with Gasteiger partial charge in [-0.05, 0) is 62.2 Å². The second-order valence-electron chi connectivity index (χ2n) is 7.79. The molecule has 148 valence electrons. The number of carbonyl (C=O) groups is 1. The van der Waals surface area contributed by atoms with Crippen molar-refractivity contribution in [1.29, 1.82) is 0 Å². The predicted molar refractivity (Wildman–Crippen MR) is 113 cm³/mol. The van der Waals surface area contributed by atoms with Crippen molar-refractivity contribution >= 4 is 22.8 Å². The minimum atomic E-state index is -0.320. The third-order valence-electron chi connectivity index (χ3n) is 5.80. The molecule has 1 aliphatic heterocycles. The van der Waals surface area contributed by atoms with Gasteiger partial charge < -0.3 is 14.8 Å². The van der Waals surface area contributed by atoms with E-state index in [1.807, 2.05) is 40.9 Å². The average molecular weight is 388 g/mol. The van der Waals surface area contributed by atoms with Crippen LogP contribution in [0.15, 0.2) is 54.4 Å². The van der Waals surface area contributed by atoms with E-state index in [0.717, 1.165) is 36.7 Å². The summed E-state index contributed by atoms with van der Waals surface area (Å²) in [5.74, 6) is -0.219. The van der Waals surface area contributed by atoms with Gasteiger partial charge in [-0.25, -0.2) is 4.98 Å². The number of nitrogens with one attached hydrogen (secondary N) is 1. The molecule has 0 bridgehead atoms. The summed E-state index contributed by atoms with van der Waals surface area (Å²) in [5.41, 5.74) is 4.55. The molecule has 0 spiro atoms. The van der Waals surface area contributed by atoms with Gasteiger partial charge in [0.1, 0.15) is 22.7 Å². The van der Waals surface area contributed by atoms with Crippen LogP contribution in [0.1, 0.15) is 36.2 Å². The number of benzene rings is 1. The Labute approximate surface area is 169 Å². The van der Waals surface area contributed by atoms with Gasteiger partial charge in [-0.3, -0.25) is 9.69 Å². The van der Waals surface area contributed by atoms with E-state index in [-0.39, 0.29) is 17.2 Å². The van der Waals surface area contributed by atoms with Crippen LogP contribution in [0.4, 0.5) is 5.69 Å². The van der Waals surface area contributed by atoms with Gasteiger partial charge in [-0.2, -0.15) is 0 Å². The Morgan fingerprint density at radius 3 is 2.66 bits per heavy atom. The maximum absolute atomic E-state index is 13.0. The molecule has 2 aromatic heterocycles. The minimum Gasteiger partial charge on any atom is -0.511 e. The predicted octanol–water partition coefficient (Wildman–Crippen LogP) is 3.78. The van der Waals surface area contributed by atoms with E-state index in [4.69, 9.17) is 0 Å². The fraction of sp³-hybridized carbons (Fsp3) is 0.304. The number of imidazole rings is 1. The summed E-state index contributed by atoms with van der Waals surface area (Å²) in [4.78, 5) is 20.0. The number of aliphatic hydroxyl groups excluding tert-OH is 1. The maximum atomic E-state index is 13.0. The Balaban J connectivity index is 1.36. The molecular formula is C23H24N4O2. The molecule has 1 aliphatic carbocycles. The first-order valence-corrected chi connectivity index (χ1v) is 10.2. The molecule has 1 amide bonds. The number of aryl methyl sites for hydroxylation is 1. The van der Waals surface area contributed by atoms with Crippen molar-refractivity contribution in [3.05, 3.63) is 71.4 Å². The van der Waals surface area contributed by atoms with Crippen molar-refractivity contribution in [3.63, 3.8) is 0 Å². The number of rotatable bonds is 4. The third kappa shape index (κ3) is 3.40. The van der Waals surface area contributed by atoms with Crippen LogP contribution < -0.4 is 5.32 Å². The van der Waals surface area contributed by atoms with Crippen LogP contribution in [0, 0.1) is 0 Å². The Kier molecular flexibility index (Phi) is 4.56. The van der Waals surface area contributed by atoms with Gasteiger partial charge in [-0.1, -0.05) is 18.2 Å². The molecule has 6 heteroatoms. The fourth-order valence-electron chi connectivity index (χ4n) is 4.31. The SMILES string of the molecule is O=C(Nc1ccc(CN2CCCC2)cc1)C1=C(O)CCc2c1nc1ccccn21. The van der Waals surface area contributed by atoms with Crippen molar-refractivity contribution in [3.8, 4) is 0 Å². The van der Waals surface area contributed by atoms with Gasteiger partial charge >= 0.3 is 0 Å². The monoisotopic (exact) mass is 388 g/mol. The Morgan fingerprint density at radius 1 is 1.07 bits per heavy atom. The van der Waals surface area contributed by atoms with Gasteiger partial charge in [0.15, 0.2) is 0 Å². The summed E-state index contributed by atoms with van der Waals surface area (Å²) in [6.45, 7) is 3.27. The summed E-state index contributed by atoms with van der Waals surface area (Å²) >= 11 is 0. The van der Waals surface area contributed by atoms with Crippen molar-refractivity contribution in [2.24, 2.45) is 0 Å². The molecule has 1 aromatic carbocycles. The lowest BCUT2D eigenvalue weighted by molar-refractivity contribution is -0.111. The highest BCUT2D eigenvalue weighted by Crippen LogP contribution is 2.31. The molecule has 2 aliphatic rings. The minimum absolute atomic E-state index is 0.101. The number of hydrogen-bond donors (Lipinski definition) is 2. The molecule has 0 radical (unpaired) electrons. The second kappa shape index (κ2) is 7.37. The molecule has 1 saturated heterocycles. The molecule has 6 nitrogen and oxygen atoms in total. The normalized spacial score (nSPS) is 17.0. The Bertz CT molecular complexity index is 1090. The van der Waals surface area contributed by atoms with E-state index in [2.05, 4.69) is 27.3 Å². The lowest BCUT2D eigenvalue weighted by atomic mass is 9.97. The van der Waals surface area contributed by atoms with Crippen LogP contribution in [0.3, 0.4) is 0 Å². The molecule has 0 unspecified atom stereocenters. The topological polar surface area (TPSA) is 69.9 Å². The van der Waals surface area contributed by atoms with Gasteiger partial charge in [0.2, 0.25) is 0 Å². The number of pyridine rings is 1. The largest absolute Gasteiger partial charge is 0.511 e. The first kappa shape index (κ1) is 17.9. The number of aliphatic hydroxyl groups is 1. The molecule has 5 rings (SSSR count). The van der Waals surface area contributed by atoms with E-state index in [9.17, 15) is 9.90 Å². The first-order valence-electron chi connectivity index (χ1n) is 10.2. The molecule has 2 N–H and O–H groups in total. The smallest absolute Gasteiger partial charge is 0.261 e. The molecule has 1 fully saturated rings. The molecule has 0 atom stereocenters. The number of amides is 1. The van der Waals surface area contributed by atoms with Gasteiger partial charge in [0.05, 0.1) is 5.69 Å². The third-order valence-corrected chi connectivity index (χ3v) is 5.80. The number of hydrogen-bond acceptors (Lipinski definition) is 4. The van der Waals surface area contributed by atoms with Gasteiger partial charge in [-0.15, -0.1) is 0 Å². The summed E-state index contributed by atoms with van der Waals surface area (Å²) in [6.07, 6.45) is 5.59. The van der Waals surface area contributed by atoms with Crippen LogP contribution in [-0.4, -0.2) is 38.4 Å². The Morgan fingerprint density at radius 2 is 1.86 bits per heavy atom. The second-order valence-corrected chi connectivity index (χ2v) is 7.79.